The Bertz CT molecular complexity index is 190. The van der Waals surface area contributed by atoms with Crippen molar-refractivity contribution in [2.75, 3.05) is 39.1 Å². The molecule has 3 heteroatoms. The molecule has 0 aromatic heterocycles. The number of nitrogens with zero attached hydrogens (tertiary/aromatic N) is 1. The lowest BCUT2D eigenvalue weighted by atomic mass is 9.83. The van der Waals surface area contributed by atoms with Crippen LogP contribution in [0.2, 0.25) is 0 Å². The molecular weight excluding hydrogens is 230 g/mol. The number of hydrogen-bond donors (Lipinski definition) is 1. The Hall–Kier alpha value is 0.270. The zero-order valence-electron chi connectivity index (χ0n) is 11.7. The second kappa shape index (κ2) is 7.65. The first-order valence-corrected chi connectivity index (χ1v) is 7.65. The molecule has 0 radical (unpaired) electrons. The van der Waals surface area contributed by atoms with Crippen LogP contribution in [0.4, 0.5) is 0 Å². The SMILES string of the molecule is CCC(CC)(CS)CN1CCC(COC)CC1. The van der Waals surface area contributed by atoms with Crippen LogP contribution in [0.3, 0.4) is 0 Å². The van der Waals surface area contributed by atoms with Gasteiger partial charge in [-0.1, -0.05) is 13.8 Å². The summed E-state index contributed by atoms with van der Waals surface area (Å²) in [5.41, 5.74) is 0.428. The minimum atomic E-state index is 0.428. The minimum Gasteiger partial charge on any atom is -0.384 e. The van der Waals surface area contributed by atoms with Crippen LogP contribution >= 0.6 is 12.6 Å². The van der Waals surface area contributed by atoms with E-state index in [4.69, 9.17) is 4.74 Å². The number of rotatable bonds is 7. The summed E-state index contributed by atoms with van der Waals surface area (Å²) in [6.45, 7) is 9.25. The van der Waals surface area contributed by atoms with Crippen molar-refractivity contribution in [1.82, 2.24) is 4.90 Å². The third kappa shape index (κ3) is 4.46. The van der Waals surface area contributed by atoms with Crippen molar-refractivity contribution in [3.05, 3.63) is 0 Å². The number of thiol groups is 1. The van der Waals surface area contributed by atoms with E-state index in [1.54, 1.807) is 0 Å². The lowest BCUT2D eigenvalue weighted by Gasteiger charge is -2.39. The standard InChI is InChI=1S/C14H29NOS/c1-4-14(5-2,12-17)11-15-8-6-13(7-9-15)10-16-3/h13,17H,4-12H2,1-3H3. The summed E-state index contributed by atoms with van der Waals surface area (Å²) in [5, 5.41) is 0. The molecule has 17 heavy (non-hydrogen) atoms. The molecule has 1 aliphatic rings. The summed E-state index contributed by atoms with van der Waals surface area (Å²) in [7, 11) is 1.81. The van der Waals surface area contributed by atoms with E-state index in [-0.39, 0.29) is 0 Å². The zero-order chi connectivity index (χ0) is 12.7. The van der Waals surface area contributed by atoms with E-state index in [2.05, 4.69) is 31.4 Å². The predicted molar refractivity (Wildman–Crippen MR) is 77.9 cm³/mol. The quantitative estimate of drug-likeness (QED) is 0.705. The second-order valence-corrected chi connectivity index (χ2v) is 5.86. The molecule has 2 nitrogen and oxygen atoms in total. The highest BCUT2D eigenvalue weighted by atomic mass is 32.1. The van der Waals surface area contributed by atoms with Crippen molar-refractivity contribution in [3.63, 3.8) is 0 Å². The average Bonchev–Trinajstić information content (AvgIpc) is 2.39. The van der Waals surface area contributed by atoms with Gasteiger partial charge in [0.2, 0.25) is 0 Å². The first kappa shape index (κ1) is 15.3. The largest absolute Gasteiger partial charge is 0.384 e. The number of piperidine rings is 1. The van der Waals surface area contributed by atoms with E-state index in [0.29, 0.717) is 5.41 Å². The van der Waals surface area contributed by atoms with Gasteiger partial charge >= 0.3 is 0 Å². The van der Waals surface area contributed by atoms with Gasteiger partial charge in [0.05, 0.1) is 0 Å². The lowest BCUT2D eigenvalue weighted by Crippen LogP contribution is -2.43. The summed E-state index contributed by atoms with van der Waals surface area (Å²) in [6, 6.07) is 0. The Morgan fingerprint density at radius 1 is 1.24 bits per heavy atom. The molecule has 1 aliphatic heterocycles. The van der Waals surface area contributed by atoms with Gasteiger partial charge in [0, 0.05) is 20.3 Å². The Balaban J connectivity index is 2.38. The van der Waals surface area contributed by atoms with Crippen LogP contribution in [0.1, 0.15) is 39.5 Å². The van der Waals surface area contributed by atoms with Crippen molar-refractivity contribution >= 4 is 12.6 Å². The maximum absolute atomic E-state index is 5.25. The van der Waals surface area contributed by atoms with Crippen molar-refractivity contribution < 1.29 is 4.74 Å². The highest BCUT2D eigenvalue weighted by Gasteiger charge is 2.29. The Labute approximate surface area is 113 Å². The van der Waals surface area contributed by atoms with E-state index < -0.39 is 0 Å². The molecule has 0 N–H and O–H groups in total. The molecule has 0 amide bonds. The van der Waals surface area contributed by atoms with Gasteiger partial charge in [-0.3, -0.25) is 0 Å². The average molecular weight is 259 g/mol. The molecule has 102 valence electrons. The topological polar surface area (TPSA) is 12.5 Å². The molecule has 1 heterocycles. The molecular formula is C14H29NOS. The maximum Gasteiger partial charge on any atom is 0.0491 e. The number of hydrogen-bond acceptors (Lipinski definition) is 3. The first-order valence-electron chi connectivity index (χ1n) is 7.02. The molecule has 1 saturated heterocycles. The number of methoxy groups -OCH3 is 1. The Kier molecular flexibility index (Phi) is 6.90. The summed E-state index contributed by atoms with van der Waals surface area (Å²) in [5.74, 6) is 1.79. The summed E-state index contributed by atoms with van der Waals surface area (Å²) < 4.78 is 5.25. The lowest BCUT2D eigenvalue weighted by molar-refractivity contribution is 0.0763. The molecule has 0 unspecified atom stereocenters. The van der Waals surface area contributed by atoms with E-state index in [1.165, 1.54) is 45.3 Å². The smallest absolute Gasteiger partial charge is 0.0491 e. The molecule has 1 rings (SSSR count). The Morgan fingerprint density at radius 3 is 2.24 bits per heavy atom. The fraction of sp³-hybridized carbons (Fsp3) is 1.00. The zero-order valence-corrected chi connectivity index (χ0v) is 12.6. The fourth-order valence-electron chi connectivity index (χ4n) is 2.77. The predicted octanol–water partition coefficient (Wildman–Crippen LogP) is 3.08. The molecule has 0 aromatic rings. The van der Waals surface area contributed by atoms with Gasteiger partial charge in [0.1, 0.15) is 0 Å². The van der Waals surface area contributed by atoms with E-state index in [0.717, 1.165) is 18.3 Å². The third-order valence-electron chi connectivity index (χ3n) is 4.50. The van der Waals surface area contributed by atoms with Crippen LogP contribution in [0.15, 0.2) is 0 Å². The molecule has 0 aromatic carbocycles. The molecule has 0 saturated carbocycles. The van der Waals surface area contributed by atoms with Crippen LogP contribution < -0.4 is 0 Å². The minimum absolute atomic E-state index is 0.428. The third-order valence-corrected chi connectivity index (χ3v) is 5.17. The summed E-state index contributed by atoms with van der Waals surface area (Å²) in [6.07, 6.45) is 5.07. The highest BCUT2D eigenvalue weighted by molar-refractivity contribution is 7.80. The number of ether oxygens (including phenoxy) is 1. The van der Waals surface area contributed by atoms with Gasteiger partial charge in [-0.05, 0) is 55.9 Å². The Morgan fingerprint density at radius 2 is 1.82 bits per heavy atom. The van der Waals surface area contributed by atoms with Crippen molar-refractivity contribution in [3.8, 4) is 0 Å². The monoisotopic (exact) mass is 259 g/mol. The maximum atomic E-state index is 5.25. The molecule has 0 atom stereocenters. The highest BCUT2D eigenvalue weighted by Crippen LogP contribution is 2.30. The molecule has 0 bridgehead atoms. The molecule has 1 fully saturated rings. The van der Waals surface area contributed by atoms with Gasteiger partial charge < -0.3 is 9.64 Å². The molecule has 0 aliphatic carbocycles. The van der Waals surface area contributed by atoms with E-state index >= 15 is 0 Å². The van der Waals surface area contributed by atoms with Crippen LogP contribution in [0, 0.1) is 11.3 Å². The van der Waals surface area contributed by atoms with Crippen molar-refractivity contribution in [1.29, 1.82) is 0 Å². The fourth-order valence-corrected chi connectivity index (χ4v) is 3.32. The van der Waals surface area contributed by atoms with Crippen LogP contribution in [0.5, 0.6) is 0 Å². The van der Waals surface area contributed by atoms with Gasteiger partial charge in [0.25, 0.3) is 0 Å². The van der Waals surface area contributed by atoms with Gasteiger partial charge in [-0.2, -0.15) is 12.6 Å². The summed E-state index contributed by atoms with van der Waals surface area (Å²) >= 11 is 4.57. The van der Waals surface area contributed by atoms with Gasteiger partial charge in [-0.25, -0.2) is 0 Å². The van der Waals surface area contributed by atoms with Crippen molar-refractivity contribution in [2.45, 2.75) is 39.5 Å². The van der Waals surface area contributed by atoms with Crippen molar-refractivity contribution in [2.24, 2.45) is 11.3 Å². The van der Waals surface area contributed by atoms with Crippen LogP contribution in [0.25, 0.3) is 0 Å². The van der Waals surface area contributed by atoms with Crippen LogP contribution in [-0.4, -0.2) is 44.0 Å². The van der Waals surface area contributed by atoms with Gasteiger partial charge in [-0.15, -0.1) is 0 Å². The van der Waals surface area contributed by atoms with Gasteiger partial charge in [0.15, 0.2) is 0 Å². The number of likely N-dealkylation sites (tertiary alicyclic amines) is 1. The van der Waals surface area contributed by atoms with E-state index in [1.807, 2.05) is 7.11 Å². The second-order valence-electron chi connectivity index (χ2n) is 5.54. The van der Waals surface area contributed by atoms with E-state index in [9.17, 15) is 0 Å². The first-order chi connectivity index (χ1) is 8.19. The van der Waals surface area contributed by atoms with Crippen LogP contribution in [-0.2, 0) is 4.74 Å². The summed E-state index contributed by atoms with van der Waals surface area (Å²) in [4.78, 5) is 2.63. The normalized spacial score (nSPS) is 19.8. The molecule has 0 spiro atoms.